The van der Waals surface area contributed by atoms with Crippen LogP contribution in [0.3, 0.4) is 0 Å². The predicted octanol–water partition coefficient (Wildman–Crippen LogP) is 0.606. The summed E-state index contributed by atoms with van der Waals surface area (Å²) < 4.78 is 0. The highest BCUT2D eigenvalue weighted by Gasteiger charge is 2.06. The first kappa shape index (κ1) is 13.4. The van der Waals surface area contributed by atoms with Gasteiger partial charge >= 0.3 is 0 Å². The molecule has 0 fully saturated rings. The first-order valence-electron chi connectivity index (χ1n) is 5.29. The fraction of sp³-hybridized carbons (Fsp3) is 0.364. The zero-order valence-electron chi connectivity index (χ0n) is 9.93. The van der Waals surface area contributed by atoms with Crippen LogP contribution >= 0.6 is 12.2 Å². The maximum atomic E-state index is 11.6. The fourth-order valence-corrected chi connectivity index (χ4v) is 1.26. The highest BCUT2D eigenvalue weighted by molar-refractivity contribution is 7.80. The summed E-state index contributed by atoms with van der Waals surface area (Å²) in [6.45, 7) is 2.81. The third-order valence-corrected chi connectivity index (χ3v) is 2.53. The molecule has 0 aliphatic rings. The first-order chi connectivity index (χ1) is 8.04. The van der Waals surface area contributed by atoms with Gasteiger partial charge in [-0.15, -0.1) is 0 Å². The molecule has 0 aromatic carbocycles. The van der Waals surface area contributed by atoms with Crippen molar-refractivity contribution < 1.29 is 4.79 Å². The lowest BCUT2D eigenvalue weighted by Crippen LogP contribution is -2.32. The summed E-state index contributed by atoms with van der Waals surface area (Å²) in [5, 5.41) is 2.94. The minimum Gasteiger partial charge on any atom is -0.388 e. The maximum Gasteiger partial charge on any atom is 0.241 e. The number of carbonyl (C=O) groups excluding carboxylic acids is 1. The van der Waals surface area contributed by atoms with Gasteiger partial charge in [0.25, 0.3) is 0 Å². The van der Waals surface area contributed by atoms with E-state index in [0.717, 1.165) is 0 Å². The van der Waals surface area contributed by atoms with E-state index in [1.807, 2.05) is 6.92 Å². The van der Waals surface area contributed by atoms with Crippen molar-refractivity contribution in [2.75, 3.05) is 25.5 Å². The van der Waals surface area contributed by atoms with Crippen LogP contribution < -0.4 is 11.1 Å². The molecule has 0 saturated carbocycles. The van der Waals surface area contributed by atoms with Gasteiger partial charge in [-0.25, -0.2) is 4.98 Å². The largest absolute Gasteiger partial charge is 0.388 e. The third kappa shape index (κ3) is 3.99. The molecule has 0 atom stereocenters. The Hall–Kier alpha value is -1.69. The average Bonchev–Trinajstić information content (AvgIpc) is 2.35. The number of rotatable bonds is 5. The number of anilines is 1. The molecule has 0 bridgehead atoms. The zero-order chi connectivity index (χ0) is 12.8. The van der Waals surface area contributed by atoms with Gasteiger partial charge in [0.15, 0.2) is 0 Å². The Morgan fingerprint density at radius 3 is 2.88 bits per heavy atom. The monoisotopic (exact) mass is 252 g/mol. The van der Waals surface area contributed by atoms with Crippen molar-refractivity contribution in [1.82, 2.24) is 9.88 Å². The molecular formula is C11H16N4OS. The molecule has 17 heavy (non-hydrogen) atoms. The van der Waals surface area contributed by atoms with Crippen molar-refractivity contribution in [1.29, 1.82) is 0 Å². The Kier molecular flexibility index (Phi) is 4.84. The molecule has 1 amide bonds. The topological polar surface area (TPSA) is 71.2 Å². The van der Waals surface area contributed by atoms with Crippen molar-refractivity contribution in [3.05, 3.63) is 23.9 Å². The highest BCUT2D eigenvalue weighted by Crippen LogP contribution is 2.04. The Bertz CT molecular complexity index is 422. The van der Waals surface area contributed by atoms with Crippen LogP contribution in [0.2, 0.25) is 0 Å². The summed E-state index contributed by atoms with van der Waals surface area (Å²) in [4.78, 5) is 17.6. The summed E-state index contributed by atoms with van der Waals surface area (Å²) in [7, 11) is 1.75. The summed E-state index contributed by atoms with van der Waals surface area (Å²) in [5.74, 6) is 0.600. The molecule has 0 radical (unpaired) electrons. The lowest BCUT2D eigenvalue weighted by Gasteiger charge is -2.15. The van der Waals surface area contributed by atoms with Crippen molar-refractivity contribution in [3.63, 3.8) is 0 Å². The van der Waals surface area contributed by atoms with Crippen molar-refractivity contribution >= 4 is 28.9 Å². The van der Waals surface area contributed by atoms with E-state index in [0.29, 0.717) is 18.1 Å². The van der Waals surface area contributed by atoms with Gasteiger partial charge in [0.05, 0.1) is 12.2 Å². The van der Waals surface area contributed by atoms with Gasteiger partial charge < -0.3 is 16.0 Å². The number of nitrogens with two attached hydrogens (primary N) is 1. The lowest BCUT2D eigenvalue weighted by molar-refractivity contribution is -0.127. The Labute approximate surface area is 106 Å². The normalized spacial score (nSPS) is 9.76. The lowest BCUT2D eigenvalue weighted by atomic mass is 10.3. The van der Waals surface area contributed by atoms with Crippen LogP contribution in [0.15, 0.2) is 18.2 Å². The molecule has 1 aromatic rings. The molecule has 0 aliphatic heterocycles. The van der Waals surface area contributed by atoms with E-state index in [-0.39, 0.29) is 17.4 Å². The van der Waals surface area contributed by atoms with Gasteiger partial charge in [-0.1, -0.05) is 18.3 Å². The van der Waals surface area contributed by atoms with E-state index < -0.39 is 0 Å². The van der Waals surface area contributed by atoms with Gasteiger partial charge in [0.2, 0.25) is 5.91 Å². The quantitative estimate of drug-likeness (QED) is 0.751. The smallest absolute Gasteiger partial charge is 0.241 e. The molecule has 0 saturated heterocycles. The van der Waals surface area contributed by atoms with Crippen molar-refractivity contribution in [2.45, 2.75) is 6.92 Å². The van der Waals surface area contributed by atoms with Crippen LogP contribution in [0.1, 0.15) is 12.6 Å². The Morgan fingerprint density at radius 1 is 1.59 bits per heavy atom. The van der Waals surface area contributed by atoms with Gasteiger partial charge in [0.1, 0.15) is 10.8 Å². The number of carbonyl (C=O) groups is 1. The van der Waals surface area contributed by atoms with E-state index in [1.54, 1.807) is 30.1 Å². The molecule has 1 aromatic heterocycles. The molecule has 3 N–H and O–H groups in total. The summed E-state index contributed by atoms with van der Waals surface area (Å²) in [5.41, 5.74) is 6.02. The van der Waals surface area contributed by atoms with Crippen molar-refractivity contribution in [3.8, 4) is 0 Å². The van der Waals surface area contributed by atoms with E-state index in [2.05, 4.69) is 10.3 Å². The summed E-state index contributed by atoms with van der Waals surface area (Å²) in [6.07, 6.45) is 0. The number of likely N-dealkylation sites (N-methyl/N-ethyl adjacent to an activating group) is 1. The van der Waals surface area contributed by atoms with E-state index in [9.17, 15) is 4.79 Å². The number of nitrogens with zero attached hydrogens (tertiary/aromatic N) is 2. The number of nitrogens with one attached hydrogen (secondary N) is 1. The van der Waals surface area contributed by atoms with Crippen LogP contribution in [-0.4, -0.2) is 40.9 Å². The van der Waals surface area contributed by atoms with Gasteiger partial charge in [0, 0.05) is 13.6 Å². The number of pyridine rings is 1. The predicted molar refractivity (Wildman–Crippen MR) is 71.9 cm³/mol. The van der Waals surface area contributed by atoms with E-state index in [1.165, 1.54) is 0 Å². The van der Waals surface area contributed by atoms with Crippen LogP contribution in [0, 0.1) is 0 Å². The number of thiocarbonyl (C=S) groups is 1. The van der Waals surface area contributed by atoms with Crippen LogP contribution in [0.4, 0.5) is 5.82 Å². The second kappa shape index (κ2) is 6.15. The fourth-order valence-electron chi connectivity index (χ4n) is 1.15. The first-order valence-corrected chi connectivity index (χ1v) is 5.70. The number of hydrogen-bond acceptors (Lipinski definition) is 4. The van der Waals surface area contributed by atoms with Crippen LogP contribution in [-0.2, 0) is 4.79 Å². The number of hydrogen-bond donors (Lipinski definition) is 2. The zero-order valence-corrected chi connectivity index (χ0v) is 10.8. The molecule has 0 spiro atoms. The second-order valence-corrected chi connectivity index (χ2v) is 3.97. The second-order valence-electron chi connectivity index (χ2n) is 3.53. The SMILES string of the molecule is CCN(C)C(=O)CNc1cccc(C(N)=S)n1. The molecule has 1 rings (SSSR count). The number of amides is 1. The van der Waals surface area contributed by atoms with Crippen molar-refractivity contribution in [2.24, 2.45) is 5.73 Å². The standard InChI is InChI=1S/C11H16N4OS/c1-3-15(2)10(16)7-13-9-6-4-5-8(14-9)11(12)17/h4-6H,3,7H2,1-2H3,(H2,12,17)(H,13,14). The molecule has 0 aliphatic carbocycles. The molecule has 1 heterocycles. The van der Waals surface area contributed by atoms with E-state index >= 15 is 0 Å². The highest BCUT2D eigenvalue weighted by atomic mass is 32.1. The minimum absolute atomic E-state index is 0.00929. The third-order valence-electron chi connectivity index (χ3n) is 2.32. The molecular weight excluding hydrogens is 236 g/mol. The molecule has 92 valence electrons. The van der Waals surface area contributed by atoms with Gasteiger partial charge in [-0.3, -0.25) is 4.79 Å². The van der Waals surface area contributed by atoms with Gasteiger partial charge in [-0.05, 0) is 19.1 Å². The molecule has 6 heteroatoms. The summed E-state index contributed by atoms with van der Waals surface area (Å²) >= 11 is 4.83. The summed E-state index contributed by atoms with van der Waals surface area (Å²) in [6, 6.07) is 5.28. The average molecular weight is 252 g/mol. The Morgan fingerprint density at radius 2 is 2.29 bits per heavy atom. The minimum atomic E-state index is 0.00929. The Balaban J connectivity index is 2.60. The maximum absolute atomic E-state index is 11.6. The van der Waals surface area contributed by atoms with E-state index in [4.69, 9.17) is 18.0 Å². The molecule has 5 nitrogen and oxygen atoms in total. The van der Waals surface area contributed by atoms with Gasteiger partial charge in [-0.2, -0.15) is 0 Å². The number of aromatic nitrogens is 1. The van der Waals surface area contributed by atoms with Crippen LogP contribution in [0.5, 0.6) is 0 Å². The van der Waals surface area contributed by atoms with Crippen LogP contribution in [0.25, 0.3) is 0 Å². The molecule has 0 unspecified atom stereocenters.